The van der Waals surface area contributed by atoms with Gasteiger partial charge in [0.25, 0.3) is 0 Å². The van der Waals surface area contributed by atoms with E-state index in [0.717, 1.165) is 38.9 Å². The first kappa shape index (κ1) is 21.6. The van der Waals surface area contributed by atoms with Crippen LogP contribution in [0.2, 0.25) is 0 Å². The summed E-state index contributed by atoms with van der Waals surface area (Å²) in [6.45, 7) is 3.25. The van der Waals surface area contributed by atoms with E-state index in [1.165, 1.54) is 12.1 Å². The molecule has 0 atom stereocenters. The van der Waals surface area contributed by atoms with Crippen molar-refractivity contribution in [2.45, 2.75) is 26.6 Å². The fourth-order valence-electron chi connectivity index (χ4n) is 4.06. The van der Waals surface area contributed by atoms with Crippen LogP contribution in [-0.4, -0.2) is 22.8 Å². The highest BCUT2D eigenvalue weighted by molar-refractivity contribution is 5.98. The van der Waals surface area contributed by atoms with E-state index >= 15 is 0 Å². The van der Waals surface area contributed by atoms with Crippen molar-refractivity contribution < 1.29 is 19.0 Å². The molecule has 1 aromatic heterocycles. The van der Waals surface area contributed by atoms with Crippen molar-refractivity contribution in [2.75, 3.05) is 7.11 Å². The van der Waals surface area contributed by atoms with E-state index in [1.807, 2.05) is 49.4 Å². The Kier molecular flexibility index (Phi) is 6.23. The number of aryl methyl sites for hydroxylation is 1. The number of benzene rings is 3. The number of carboxylic acids is 1. The van der Waals surface area contributed by atoms with Crippen LogP contribution in [0, 0.1) is 12.7 Å². The molecule has 0 spiro atoms. The van der Waals surface area contributed by atoms with Gasteiger partial charge in [-0.05, 0) is 42.3 Å². The molecule has 3 aromatic carbocycles. The Morgan fingerprint density at radius 2 is 1.81 bits per heavy atom. The first-order valence-electron chi connectivity index (χ1n) is 10.4. The smallest absolute Gasteiger partial charge is 0.352 e. The third-order valence-electron chi connectivity index (χ3n) is 5.59. The number of nitrogens with one attached hydrogen (secondary N) is 1. The molecule has 5 nitrogen and oxygen atoms in total. The summed E-state index contributed by atoms with van der Waals surface area (Å²) in [6, 6.07) is 19.8. The molecule has 0 saturated heterocycles. The largest absolute Gasteiger partial charge is 0.496 e. The third-order valence-corrected chi connectivity index (χ3v) is 5.59. The maximum absolute atomic E-state index is 13.4. The molecular formula is C26H25FN2O3. The summed E-state index contributed by atoms with van der Waals surface area (Å²) in [5.41, 5.74) is 4.69. The van der Waals surface area contributed by atoms with E-state index in [0.29, 0.717) is 19.6 Å². The molecule has 0 aliphatic carbocycles. The van der Waals surface area contributed by atoms with Crippen molar-refractivity contribution >= 4 is 16.9 Å². The zero-order valence-electron chi connectivity index (χ0n) is 18.1. The molecule has 0 radical (unpaired) electrons. The van der Waals surface area contributed by atoms with Crippen molar-refractivity contribution in [3.05, 3.63) is 100 Å². The first-order chi connectivity index (χ1) is 15.5. The van der Waals surface area contributed by atoms with E-state index < -0.39 is 5.97 Å². The lowest BCUT2D eigenvalue weighted by Crippen LogP contribution is -2.17. The van der Waals surface area contributed by atoms with Gasteiger partial charge < -0.3 is 19.7 Å². The summed E-state index contributed by atoms with van der Waals surface area (Å²) in [7, 11) is 1.63. The molecule has 164 valence electrons. The van der Waals surface area contributed by atoms with Gasteiger partial charge in [-0.1, -0.05) is 42.5 Å². The highest BCUT2D eigenvalue weighted by Gasteiger charge is 2.22. The lowest BCUT2D eigenvalue weighted by atomic mass is 10.1. The monoisotopic (exact) mass is 432 g/mol. The summed E-state index contributed by atoms with van der Waals surface area (Å²) in [6.07, 6.45) is 0. The fourth-order valence-corrected chi connectivity index (χ4v) is 4.06. The minimum atomic E-state index is -0.991. The number of methoxy groups -OCH3 is 1. The van der Waals surface area contributed by atoms with Gasteiger partial charge in [-0.25, -0.2) is 9.18 Å². The fraction of sp³-hybridized carbons (Fsp3) is 0.192. The van der Waals surface area contributed by atoms with Crippen LogP contribution in [0.5, 0.6) is 5.75 Å². The predicted octanol–water partition coefficient (Wildman–Crippen LogP) is 5.13. The lowest BCUT2D eigenvalue weighted by molar-refractivity contribution is 0.0684. The maximum Gasteiger partial charge on any atom is 0.352 e. The SMILES string of the molecule is COc1ccccc1CNCc1c(C(=O)O)n(Cc2ccc(F)cc2)c2cc(C)ccc12. The molecule has 2 N–H and O–H groups in total. The minimum absolute atomic E-state index is 0.238. The van der Waals surface area contributed by atoms with Crippen LogP contribution in [0.15, 0.2) is 66.7 Å². The normalized spacial score (nSPS) is 11.1. The van der Waals surface area contributed by atoms with Crippen LogP contribution < -0.4 is 10.1 Å². The van der Waals surface area contributed by atoms with Gasteiger partial charge in [0.1, 0.15) is 17.3 Å². The molecule has 0 bridgehead atoms. The maximum atomic E-state index is 13.4. The van der Waals surface area contributed by atoms with E-state index in [1.54, 1.807) is 23.8 Å². The van der Waals surface area contributed by atoms with Crippen molar-refractivity contribution in [2.24, 2.45) is 0 Å². The molecule has 0 amide bonds. The number of hydrogen-bond donors (Lipinski definition) is 2. The number of halogens is 1. The van der Waals surface area contributed by atoms with Gasteiger partial charge in [0.2, 0.25) is 0 Å². The molecule has 0 aliphatic heterocycles. The van der Waals surface area contributed by atoms with Crippen molar-refractivity contribution in [1.29, 1.82) is 0 Å². The Hall–Kier alpha value is -3.64. The highest BCUT2D eigenvalue weighted by Crippen LogP contribution is 2.29. The summed E-state index contributed by atoms with van der Waals surface area (Å²) < 4.78 is 20.6. The van der Waals surface area contributed by atoms with Gasteiger partial charge in [-0.3, -0.25) is 0 Å². The van der Waals surface area contributed by atoms with E-state index in [2.05, 4.69) is 5.32 Å². The number of rotatable bonds is 8. The van der Waals surface area contributed by atoms with Gasteiger partial charge in [-0.15, -0.1) is 0 Å². The molecule has 0 fully saturated rings. The number of fused-ring (bicyclic) bond motifs is 1. The Balaban J connectivity index is 1.72. The molecule has 32 heavy (non-hydrogen) atoms. The number of hydrogen-bond acceptors (Lipinski definition) is 3. The summed E-state index contributed by atoms with van der Waals surface area (Å²) in [5.74, 6) is -0.524. The molecule has 6 heteroatoms. The number of nitrogens with zero attached hydrogens (tertiary/aromatic N) is 1. The minimum Gasteiger partial charge on any atom is -0.496 e. The standard InChI is InChI=1S/C26H25FN2O3/c1-17-7-12-21-22(15-28-14-19-5-3-4-6-24(19)32-2)25(26(30)31)29(23(21)13-17)16-18-8-10-20(27)11-9-18/h3-13,28H,14-16H2,1-2H3,(H,30,31). The van der Waals surface area contributed by atoms with Gasteiger partial charge in [0.15, 0.2) is 0 Å². The van der Waals surface area contributed by atoms with Gasteiger partial charge in [0.05, 0.1) is 7.11 Å². The quantitative estimate of drug-likeness (QED) is 0.405. The van der Waals surface area contributed by atoms with Crippen molar-refractivity contribution in [3.8, 4) is 5.75 Å². The predicted molar refractivity (Wildman–Crippen MR) is 123 cm³/mol. The number of aromatic carboxylic acids is 1. The molecular weight excluding hydrogens is 407 g/mol. The van der Waals surface area contributed by atoms with Crippen molar-refractivity contribution in [3.63, 3.8) is 0 Å². The average molecular weight is 432 g/mol. The molecule has 1 heterocycles. The molecule has 4 aromatic rings. The summed E-state index contributed by atoms with van der Waals surface area (Å²) in [5, 5.41) is 14.4. The van der Waals surface area contributed by atoms with E-state index in [-0.39, 0.29) is 11.5 Å². The Morgan fingerprint density at radius 3 is 2.53 bits per heavy atom. The van der Waals surface area contributed by atoms with Crippen LogP contribution in [0.25, 0.3) is 10.9 Å². The van der Waals surface area contributed by atoms with Crippen LogP contribution in [0.3, 0.4) is 0 Å². The first-order valence-corrected chi connectivity index (χ1v) is 10.4. The molecule has 4 rings (SSSR count). The molecule has 0 saturated carbocycles. The van der Waals surface area contributed by atoms with Gasteiger partial charge >= 0.3 is 5.97 Å². The second-order valence-electron chi connectivity index (χ2n) is 7.78. The Labute approximate surface area is 186 Å². The van der Waals surface area contributed by atoms with Crippen LogP contribution in [0.4, 0.5) is 4.39 Å². The second-order valence-corrected chi connectivity index (χ2v) is 7.78. The molecule has 0 unspecified atom stereocenters. The van der Waals surface area contributed by atoms with Crippen LogP contribution in [-0.2, 0) is 19.6 Å². The Bertz CT molecular complexity index is 1260. The van der Waals surface area contributed by atoms with E-state index in [4.69, 9.17) is 4.74 Å². The third kappa shape index (κ3) is 4.36. The Morgan fingerprint density at radius 1 is 1.06 bits per heavy atom. The zero-order chi connectivity index (χ0) is 22.7. The van der Waals surface area contributed by atoms with Crippen LogP contribution >= 0.6 is 0 Å². The lowest BCUT2D eigenvalue weighted by Gasteiger charge is -2.11. The second kappa shape index (κ2) is 9.24. The topological polar surface area (TPSA) is 63.5 Å². The number of aromatic nitrogens is 1. The van der Waals surface area contributed by atoms with E-state index in [9.17, 15) is 14.3 Å². The van der Waals surface area contributed by atoms with Crippen molar-refractivity contribution in [1.82, 2.24) is 9.88 Å². The van der Waals surface area contributed by atoms with Crippen LogP contribution in [0.1, 0.15) is 32.7 Å². The number of carbonyl (C=O) groups is 1. The van der Waals surface area contributed by atoms with Gasteiger partial charge in [-0.2, -0.15) is 0 Å². The number of para-hydroxylation sites is 1. The average Bonchev–Trinajstić information content (AvgIpc) is 3.08. The summed E-state index contributed by atoms with van der Waals surface area (Å²) in [4.78, 5) is 12.3. The highest BCUT2D eigenvalue weighted by atomic mass is 19.1. The summed E-state index contributed by atoms with van der Waals surface area (Å²) >= 11 is 0. The van der Waals surface area contributed by atoms with Gasteiger partial charge in [0, 0.05) is 41.7 Å². The zero-order valence-corrected chi connectivity index (χ0v) is 18.1. The number of carboxylic acid groups (broad SMARTS) is 1. The molecule has 0 aliphatic rings. The number of ether oxygens (including phenoxy) is 1.